The van der Waals surface area contributed by atoms with E-state index < -0.39 is 0 Å². The van der Waals surface area contributed by atoms with Crippen molar-refractivity contribution in [1.82, 2.24) is 0 Å². The standard InChI is InChI=1S/C15H24O2/c1-10(2)14(16)7-6-13-12(4)8-11(3)9-15(13)17-5/h8-10,14,16H,6-7H2,1-5H3. The third kappa shape index (κ3) is 3.74. The molecule has 0 aliphatic carbocycles. The van der Waals surface area contributed by atoms with E-state index >= 15 is 0 Å². The molecule has 0 amide bonds. The molecule has 96 valence electrons. The summed E-state index contributed by atoms with van der Waals surface area (Å²) in [4.78, 5) is 0. The van der Waals surface area contributed by atoms with Crippen LogP contribution in [0.2, 0.25) is 0 Å². The van der Waals surface area contributed by atoms with E-state index in [1.54, 1.807) is 7.11 Å². The predicted molar refractivity (Wildman–Crippen MR) is 71.6 cm³/mol. The summed E-state index contributed by atoms with van der Waals surface area (Å²) in [6, 6.07) is 4.23. The van der Waals surface area contributed by atoms with E-state index in [-0.39, 0.29) is 6.10 Å². The molecule has 1 aromatic rings. The van der Waals surface area contributed by atoms with E-state index in [4.69, 9.17) is 4.74 Å². The average Bonchev–Trinajstić information content (AvgIpc) is 2.26. The molecular weight excluding hydrogens is 212 g/mol. The minimum Gasteiger partial charge on any atom is -0.496 e. The summed E-state index contributed by atoms with van der Waals surface area (Å²) in [7, 11) is 1.70. The highest BCUT2D eigenvalue weighted by Gasteiger charge is 2.13. The van der Waals surface area contributed by atoms with Gasteiger partial charge in [-0.05, 0) is 55.4 Å². The Kier molecular flexibility index (Phi) is 5.01. The van der Waals surface area contributed by atoms with E-state index in [0.717, 1.165) is 18.6 Å². The summed E-state index contributed by atoms with van der Waals surface area (Å²) in [5.41, 5.74) is 3.68. The first-order valence-corrected chi connectivity index (χ1v) is 6.28. The largest absolute Gasteiger partial charge is 0.496 e. The zero-order valence-corrected chi connectivity index (χ0v) is 11.6. The van der Waals surface area contributed by atoms with Crippen LogP contribution in [-0.2, 0) is 6.42 Å². The molecule has 2 nitrogen and oxygen atoms in total. The van der Waals surface area contributed by atoms with E-state index in [2.05, 4.69) is 26.0 Å². The van der Waals surface area contributed by atoms with Crippen LogP contribution < -0.4 is 4.74 Å². The van der Waals surface area contributed by atoms with Crippen LogP contribution in [-0.4, -0.2) is 18.3 Å². The molecule has 0 saturated carbocycles. The van der Waals surface area contributed by atoms with Gasteiger partial charge in [0, 0.05) is 0 Å². The Morgan fingerprint density at radius 1 is 1.24 bits per heavy atom. The fourth-order valence-corrected chi connectivity index (χ4v) is 2.09. The van der Waals surface area contributed by atoms with E-state index in [0.29, 0.717) is 5.92 Å². The molecule has 0 bridgehead atoms. The van der Waals surface area contributed by atoms with Crippen molar-refractivity contribution in [2.75, 3.05) is 7.11 Å². The summed E-state index contributed by atoms with van der Waals surface area (Å²) in [5.74, 6) is 1.25. The van der Waals surface area contributed by atoms with Crippen LogP contribution in [0.25, 0.3) is 0 Å². The van der Waals surface area contributed by atoms with Gasteiger partial charge >= 0.3 is 0 Å². The number of benzene rings is 1. The second-order valence-electron chi connectivity index (χ2n) is 5.11. The van der Waals surface area contributed by atoms with Gasteiger partial charge in [0.15, 0.2) is 0 Å². The Morgan fingerprint density at radius 2 is 1.88 bits per heavy atom. The van der Waals surface area contributed by atoms with Crippen molar-refractivity contribution in [3.8, 4) is 5.75 Å². The Morgan fingerprint density at radius 3 is 2.41 bits per heavy atom. The molecule has 0 heterocycles. The number of ether oxygens (including phenoxy) is 1. The van der Waals surface area contributed by atoms with Crippen LogP contribution >= 0.6 is 0 Å². The van der Waals surface area contributed by atoms with Crippen LogP contribution in [0.5, 0.6) is 5.75 Å². The summed E-state index contributed by atoms with van der Waals surface area (Å²) in [6.45, 7) is 8.27. The Bertz CT molecular complexity index is 369. The first-order valence-electron chi connectivity index (χ1n) is 6.28. The lowest BCUT2D eigenvalue weighted by Gasteiger charge is -2.17. The number of methoxy groups -OCH3 is 1. The molecule has 0 radical (unpaired) electrons. The molecule has 0 fully saturated rings. The quantitative estimate of drug-likeness (QED) is 0.850. The fourth-order valence-electron chi connectivity index (χ4n) is 2.09. The summed E-state index contributed by atoms with van der Waals surface area (Å²) in [6.07, 6.45) is 1.42. The van der Waals surface area contributed by atoms with Gasteiger partial charge in [0.25, 0.3) is 0 Å². The summed E-state index contributed by atoms with van der Waals surface area (Å²) >= 11 is 0. The summed E-state index contributed by atoms with van der Waals surface area (Å²) < 4.78 is 5.42. The van der Waals surface area contributed by atoms with E-state index in [1.807, 2.05) is 13.8 Å². The Labute approximate surface area is 105 Å². The molecule has 0 aliphatic rings. The molecule has 1 aromatic carbocycles. The van der Waals surface area contributed by atoms with Gasteiger partial charge in [0.2, 0.25) is 0 Å². The molecule has 0 aromatic heterocycles. The van der Waals surface area contributed by atoms with Gasteiger partial charge in [-0.2, -0.15) is 0 Å². The lowest BCUT2D eigenvalue weighted by Crippen LogP contribution is -2.15. The maximum Gasteiger partial charge on any atom is 0.122 e. The SMILES string of the molecule is COc1cc(C)cc(C)c1CCC(O)C(C)C. The van der Waals surface area contributed by atoms with E-state index in [1.165, 1.54) is 16.7 Å². The molecule has 1 unspecified atom stereocenters. The van der Waals surface area contributed by atoms with Crippen molar-refractivity contribution < 1.29 is 9.84 Å². The third-order valence-electron chi connectivity index (χ3n) is 3.26. The lowest BCUT2D eigenvalue weighted by molar-refractivity contribution is 0.116. The number of aryl methyl sites for hydroxylation is 2. The lowest BCUT2D eigenvalue weighted by atomic mass is 9.95. The first kappa shape index (κ1) is 14.0. The fraction of sp³-hybridized carbons (Fsp3) is 0.600. The first-order chi connectivity index (χ1) is 7.95. The van der Waals surface area contributed by atoms with Crippen molar-refractivity contribution in [3.05, 3.63) is 28.8 Å². The number of aliphatic hydroxyl groups excluding tert-OH is 1. The molecule has 2 heteroatoms. The Balaban J connectivity index is 2.83. The smallest absolute Gasteiger partial charge is 0.122 e. The molecule has 1 rings (SSSR count). The number of hydrogen-bond acceptors (Lipinski definition) is 2. The normalized spacial score (nSPS) is 12.9. The zero-order valence-electron chi connectivity index (χ0n) is 11.6. The monoisotopic (exact) mass is 236 g/mol. The van der Waals surface area contributed by atoms with Crippen molar-refractivity contribution >= 4 is 0 Å². The average molecular weight is 236 g/mol. The van der Waals surface area contributed by atoms with Crippen molar-refractivity contribution in [3.63, 3.8) is 0 Å². The molecule has 0 spiro atoms. The van der Waals surface area contributed by atoms with Crippen LogP contribution in [0, 0.1) is 19.8 Å². The van der Waals surface area contributed by atoms with Gasteiger partial charge in [-0.3, -0.25) is 0 Å². The van der Waals surface area contributed by atoms with Gasteiger partial charge in [-0.1, -0.05) is 19.9 Å². The molecular formula is C15H24O2. The third-order valence-corrected chi connectivity index (χ3v) is 3.26. The van der Waals surface area contributed by atoms with Crippen LogP contribution in [0.3, 0.4) is 0 Å². The maximum atomic E-state index is 9.86. The van der Waals surface area contributed by atoms with Gasteiger partial charge < -0.3 is 9.84 Å². The number of rotatable bonds is 5. The maximum absolute atomic E-state index is 9.86. The predicted octanol–water partition coefficient (Wildman–Crippen LogP) is 3.26. The van der Waals surface area contributed by atoms with Gasteiger partial charge in [0.1, 0.15) is 5.75 Å². The number of aliphatic hydroxyl groups is 1. The van der Waals surface area contributed by atoms with Crippen LogP contribution in [0.1, 0.15) is 37.0 Å². The van der Waals surface area contributed by atoms with Gasteiger partial charge in [0.05, 0.1) is 13.2 Å². The van der Waals surface area contributed by atoms with Crippen molar-refractivity contribution in [2.24, 2.45) is 5.92 Å². The topological polar surface area (TPSA) is 29.5 Å². The van der Waals surface area contributed by atoms with Crippen LogP contribution in [0.4, 0.5) is 0 Å². The van der Waals surface area contributed by atoms with E-state index in [9.17, 15) is 5.11 Å². The second-order valence-corrected chi connectivity index (χ2v) is 5.11. The minimum absolute atomic E-state index is 0.236. The minimum atomic E-state index is -0.236. The zero-order chi connectivity index (χ0) is 13.0. The highest BCUT2D eigenvalue weighted by atomic mass is 16.5. The van der Waals surface area contributed by atoms with Crippen LogP contribution in [0.15, 0.2) is 12.1 Å². The highest BCUT2D eigenvalue weighted by Crippen LogP contribution is 2.26. The van der Waals surface area contributed by atoms with Gasteiger partial charge in [-0.25, -0.2) is 0 Å². The Hall–Kier alpha value is -1.02. The van der Waals surface area contributed by atoms with Gasteiger partial charge in [-0.15, -0.1) is 0 Å². The highest BCUT2D eigenvalue weighted by molar-refractivity contribution is 5.43. The molecule has 1 N–H and O–H groups in total. The molecule has 0 aliphatic heterocycles. The second kappa shape index (κ2) is 6.06. The molecule has 1 atom stereocenters. The van der Waals surface area contributed by atoms with Crippen molar-refractivity contribution in [1.29, 1.82) is 0 Å². The molecule has 17 heavy (non-hydrogen) atoms. The number of hydrogen-bond donors (Lipinski definition) is 1. The van der Waals surface area contributed by atoms with Crippen molar-refractivity contribution in [2.45, 2.75) is 46.6 Å². The molecule has 0 saturated heterocycles. The summed E-state index contributed by atoms with van der Waals surface area (Å²) in [5, 5.41) is 9.86.